The Labute approximate surface area is 381 Å². The maximum Gasteiger partial charge on any atom is 0.322 e. The smallest absolute Gasteiger partial charge is 0.322 e. The summed E-state index contributed by atoms with van der Waals surface area (Å²) >= 11 is 0. The minimum absolute atomic E-state index is 0.0208. The molecule has 0 fully saturated rings. The first-order chi connectivity index (χ1) is 30.7. The van der Waals surface area contributed by atoms with Gasteiger partial charge in [0, 0.05) is 31.5 Å². The first kappa shape index (κ1) is 71.9. The fourth-order valence-electron chi connectivity index (χ4n) is 2.93. The van der Waals surface area contributed by atoms with Gasteiger partial charge in [-0.05, 0) is 43.7 Å². The standard InChI is InChI=1S/C9H12O.C7H15NO3.C6H9N3O2.C5H11NO2.3C3H7NO3.C2H5NO2/c10-8-4-7-9-5-2-1-3-6-9;1-2-4-8-6(3-5-9)7(10)11;7-5(6(10)11)1-4-2-8-3-9-4;1-3(2)4(6)5(7)8;3*4-2(1-5)3(6)7;3-1-2(4)5/h1-3,5-6,10H,4,7-8H2;6,8-9H,2-5H2,1H3,(H,10,11);2-3,5H,1,7H2,(H,8,9)(H,10,11);3-4H,6H2,1-2H3,(H,7,8);3*2,5H,1,4H2,(H,6,7);1,3H2,(H,4,5). The zero-order valence-electron chi connectivity index (χ0n) is 37.2. The van der Waals surface area contributed by atoms with Gasteiger partial charge in [-0.2, -0.15) is 0 Å². The van der Waals surface area contributed by atoms with Crippen LogP contribution >= 0.6 is 0 Å². The summed E-state index contributed by atoms with van der Waals surface area (Å²) in [5.41, 5.74) is 31.3. The van der Waals surface area contributed by atoms with Crippen LogP contribution in [0.25, 0.3) is 0 Å². The number of carboxylic acids is 7. The maximum absolute atomic E-state index is 10.4. The number of rotatable bonds is 21. The molecule has 1 heterocycles. The second-order valence-corrected chi connectivity index (χ2v) is 13.0. The van der Waals surface area contributed by atoms with Crippen LogP contribution in [0.1, 0.15) is 51.3 Å². The molecular weight excluding hydrogens is 886 g/mol. The number of nitrogens with two attached hydrogens (primary N) is 6. The summed E-state index contributed by atoms with van der Waals surface area (Å²) in [5.74, 6) is -7.31. The highest BCUT2D eigenvalue weighted by Crippen LogP contribution is 2.01. The number of aryl methyl sites for hydroxylation is 1. The van der Waals surface area contributed by atoms with Crippen LogP contribution in [0, 0.1) is 5.92 Å². The van der Waals surface area contributed by atoms with Crippen molar-refractivity contribution in [2.75, 3.05) is 46.1 Å². The Morgan fingerprint density at radius 1 is 0.652 bits per heavy atom. The number of aliphatic hydroxyl groups is 5. The zero-order valence-corrected chi connectivity index (χ0v) is 37.2. The van der Waals surface area contributed by atoms with Gasteiger partial charge in [0.05, 0.1) is 32.7 Å². The third kappa shape index (κ3) is 52.6. The van der Waals surface area contributed by atoms with Crippen LogP contribution in [0.4, 0.5) is 0 Å². The molecule has 2 aromatic rings. The van der Waals surface area contributed by atoms with E-state index in [0.717, 1.165) is 25.0 Å². The normalized spacial score (nSPS) is 12.3. The molecule has 2 rings (SSSR count). The molecule has 66 heavy (non-hydrogen) atoms. The van der Waals surface area contributed by atoms with Crippen molar-refractivity contribution in [2.45, 2.75) is 89.1 Å². The molecule has 0 amide bonds. The molecule has 0 radical (unpaired) electrons. The van der Waals surface area contributed by atoms with E-state index >= 15 is 0 Å². The van der Waals surface area contributed by atoms with Gasteiger partial charge in [0.1, 0.15) is 36.3 Å². The van der Waals surface area contributed by atoms with Crippen molar-refractivity contribution in [3.63, 3.8) is 0 Å². The van der Waals surface area contributed by atoms with Crippen molar-refractivity contribution in [3.05, 3.63) is 54.1 Å². The van der Waals surface area contributed by atoms with Crippen LogP contribution in [-0.4, -0.2) is 195 Å². The van der Waals surface area contributed by atoms with Crippen LogP contribution in [0.5, 0.6) is 0 Å². The van der Waals surface area contributed by atoms with E-state index in [1.807, 2.05) is 25.1 Å². The summed E-state index contributed by atoms with van der Waals surface area (Å²) in [6, 6.07) is 4.66. The van der Waals surface area contributed by atoms with E-state index in [-0.39, 0.29) is 38.5 Å². The Hall–Kier alpha value is -5.76. The molecule has 0 aliphatic heterocycles. The molecule has 0 aliphatic carbocycles. The molecule has 384 valence electrons. The van der Waals surface area contributed by atoms with Gasteiger partial charge >= 0.3 is 41.8 Å². The molecule has 0 saturated heterocycles. The molecule has 1 aromatic heterocycles. The predicted molar refractivity (Wildman–Crippen MR) is 236 cm³/mol. The lowest BCUT2D eigenvalue weighted by atomic mass is 10.1. The number of carboxylic acid groups (broad SMARTS) is 7. The van der Waals surface area contributed by atoms with Crippen LogP contribution in [0.2, 0.25) is 0 Å². The van der Waals surface area contributed by atoms with Gasteiger partial charge in [-0.25, -0.2) is 4.98 Å². The third-order valence-corrected chi connectivity index (χ3v) is 6.85. The lowest BCUT2D eigenvalue weighted by Crippen LogP contribution is -2.37. The highest BCUT2D eigenvalue weighted by atomic mass is 16.4. The van der Waals surface area contributed by atoms with Crippen molar-refractivity contribution >= 4 is 41.8 Å². The summed E-state index contributed by atoms with van der Waals surface area (Å²) in [4.78, 5) is 75.4. The Bertz CT molecular complexity index is 1460. The number of hydrogen-bond donors (Lipinski definition) is 20. The number of aromatic amines is 1. The number of imidazole rings is 1. The van der Waals surface area contributed by atoms with Crippen molar-refractivity contribution in [3.8, 4) is 0 Å². The number of H-pyrrole nitrogens is 1. The van der Waals surface area contributed by atoms with Crippen molar-refractivity contribution in [1.29, 1.82) is 0 Å². The molecule has 26 N–H and O–H groups in total. The topological polar surface area (TPSA) is 559 Å². The number of nitrogens with one attached hydrogen (secondary N) is 2. The van der Waals surface area contributed by atoms with Gasteiger partial charge in [-0.3, -0.25) is 33.6 Å². The highest BCUT2D eigenvalue weighted by molar-refractivity contribution is 5.75. The monoisotopic (exact) mass is 960 g/mol. The minimum atomic E-state index is -1.18. The molecule has 28 nitrogen and oxygen atoms in total. The SMILES string of the molecule is CC(C)C(N)C(=O)O.CCCNC(CCO)C(=O)O.NC(CO)C(=O)O.NC(CO)C(=O)O.NC(CO)C(=O)O.NC(Cc1cnc[nH]1)C(=O)O.NCC(=O)O.OCCCc1ccccc1. The van der Waals surface area contributed by atoms with Crippen molar-refractivity contribution in [2.24, 2.45) is 40.3 Å². The molecule has 1 aromatic carbocycles. The predicted octanol–water partition coefficient (Wildman–Crippen LogP) is -4.95. The number of aliphatic hydroxyl groups excluding tert-OH is 5. The van der Waals surface area contributed by atoms with Crippen molar-refractivity contribution < 1.29 is 94.8 Å². The third-order valence-electron chi connectivity index (χ3n) is 6.85. The molecule has 28 heteroatoms. The van der Waals surface area contributed by atoms with Gasteiger partial charge in [-0.15, -0.1) is 0 Å². The zero-order chi connectivity index (χ0) is 52.8. The fraction of sp³-hybridized carbons (Fsp3) is 0.579. The molecule has 0 bridgehead atoms. The van der Waals surface area contributed by atoms with Gasteiger partial charge in [0.2, 0.25) is 0 Å². The van der Waals surface area contributed by atoms with E-state index in [0.29, 0.717) is 6.54 Å². The summed E-state index contributed by atoms with van der Waals surface area (Å²) < 4.78 is 0. The van der Waals surface area contributed by atoms with Gasteiger partial charge < -0.3 is 106 Å². The first-order valence-electron chi connectivity index (χ1n) is 19.6. The Morgan fingerprint density at radius 2 is 1.08 bits per heavy atom. The number of aliphatic carboxylic acids is 7. The van der Waals surface area contributed by atoms with Gasteiger partial charge in [-0.1, -0.05) is 51.1 Å². The lowest BCUT2D eigenvalue weighted by molar-refractivity contribution is -0.140. The van der Waals surface area contributed by atoms with E-state index in [1.165, 1.54) is 11.9 Å². The summed E-state index contributed by atoms with van der Waals surface area (Å²) in [6.07, 6.45) is 6.36. The molecule has 0 spiro atoms. The lowest BCUT2D eigenvalue weighted by Gasteiger charge is -2.11. The van der Waals surface area contributed by atoms with E-state index in [9.17, 15) is 33.6 Å². The van der Waals surface area contributed by atoms with Crippen LogP contribution in [-0.2, 0) is 46.4 Å². The van der Waals surface area contributed by atoms with Gasteiger partial charge in [0.15, 0.2) is 0 Å². The Kier molecular flexibility index (Phi) is 53.0. The molecule has 6 atom stereocenters. The van der Waals surface area contributed by atoms with Crippen LogP contribution < -0.4 is 39.7 Å². The quantitative estimate of drug-likeness (QED) is 0.0557. The Balaban J connectivity index is -0.000000158. The fourth-order valence-corrected chi connectivity index (χ4v) is 2.93. The van der Waals surface area contributed by atoms with Crippen LogP contribution in [0.3, 0.4) is 0 Å². The second-order valence-electron chi connectivity index (χ2n) is 13.0. The molecule has 0 saturated carbocycles. The van der Waals surface area contributed by atoms with Crippen LogP contribution in [0.15, 0.2) is 42.9 Å². The summed E-state index contributed by atoms with van der Waals surface area (Å²) in [7, 11) is 0. The van der Waals surface area contributed by atoms with Crippen molar-refractivity contribution in [1.82, 2.24) is 15.3 Å². The number of nitrogens with zero attached hydrogens (tertiary/aromatic N) is 1. The minimum Gasteiger partial charge on any atom is -0.480 e. The molecule has 6 unspecified atom stereocenters. The van der Waals surface area contributed by atoms with E-state index in [4.69, 9.17) is 89.9 Å². The van der Waals surface area contributed by atoms with E-state index in [1.54, 1.807) is 20.0 Å². The number of aromatic nitrogens is 2. The molecular formula is C38H73N9O19. The average molecular weight is 960 g/mol. The second kappa shape index (κ2) is 48.7. The summed E-state index contributed by atoms with van der Waals surface area (Å²) in [6.45, 7) is 4.60. The highest BCUT2D eigenvalue weighted by Gasteiger charge is 2.15. The van der Waals surface area contributed by atoms with E-state index < -0.39 is 97.9 Å². The maximum atomic E-state index is 10.4. The van der Waals surface area contributed by atoms with Gasteiger partial charge in [0.25, 0.3) is 0 Å². The average Bonchev–Trinajstić information content (AvgIpc) is 3.80. The first-order valence-corrected chi connectivity index (χ1v) is 19.6. The summed E-state index contributed by atoms with van der Waals surface area (Å²) in [5, 5.41) is 100. The Morgan fingerprint density at radius 3 is 1.30 bits per heavy atom. The molecule has 0 aliphatic rings. The number of benzene rings is 1. The largest absolute Gasteiger partial charge is 0.480 e. The number of carbonyl (C=O) groups is 7. The number of hydrogen-bond acceptors (Lipinski definition) is 20. The van der Waals surface area contributed by atoms with E-state index in [2.05, 4.69) is 33.2 Å².